The van der Waals surface area contributed by atoms with Crippen molar-refractivity contribution in [2.75, 3.05) is 13.2 Å². The lowest BCUT2D eigenvalue weighted by atomic mass is 10.9. The summed E-state index contributed by atoms with van der Waals surface area (Å²) in [6.45, 7) is 10.1. The minimum Gasteiger partial charge on any atom is -0.450 e. The number of rotatable bonds is 2. The lowest BCUT2D eigenvalue weighted by Crippen LogP contribution is -2.11. The number of carbonyl (C=O) groups excluding carboxylic acids is 2. The maximum absolute atomic E-state index is 9.60. The molecule has 0 saturated heterocycles. The molecule has 6 heteroatoms. The Balaban J connectivity index is -0.000000147. The van der Waals surface area contributed by atoms with Crippen LogP contribution in [0, 0.1) is 0 Å². The highest BCUT2D eigenvalue weighted by Crippen LogP contribution is 1.66. The van der Waals surface area contributed by atoms with Crippen molar-refractivity contribution in [3.8, 4) is 0 Å². The minimum atomic E-state index is -0.711. The van der Waals surface area contributed by atoms with E-state index in [1.54, 1.807) is 13.8 Å². The van der Waals surface area contributed by atoms with Gasteiger partial charge >= 0.3 is 12.2 Å². The van der Waals surface area contributed by atoms with Crippen molar-refractivity contribution in [1.82, 2.24) is 0 Å². The molecule has 0 spiro atoms. The van der Waals surface area contributed by atoms with Gasteiger partial charge < -0.3 is 20.9 Å². The first kappa shape index (κ1) is 18.1. The predicted octanol–water partition coefficient (Wildman–Crippen LogP) is 1.01. The van der Waals surface area contributed by atoms with Crippen molar-refractivity contribution in [3.63, 3.8) is 0 Å². The van der Waals surface area contributed by atoms with Crippen LogP contribution in [0.2, 0.25) is 0 Å². The van der Waals surface area contributed by atoms with Gasteiger partial charge in [-0.1, -0.05) is 0 Å². The molecule has 6 nitrogen and oxygen atoms in total. The summed E-state index contributed by atoms with van der Waals surface area (Å²) >= 11 is 0. The van der Waals surface area contributed by atoms with Crippen molar-refractivity contribution >= 4 is 12.2 Å². The molecule has 0 rings (SSSR count). The Morgan fingerprint density at radius 1 is 1.00 bits per heavy atom. The molecule has 84 valence electrons. The van der Waals surface area contributed by atoms with Gasteiger partial charge in [0.1, 0.15) is 0 Å². The zero-order chi connectivity index (χ0) is 12.0. The zero-order valence-electron chi connectivity index (χ0n) is 8.62. The molecule has 0 aliphatic heterocycles. The molecule has 0 aromatic carbocycles. The Hall–Kier alpha value is -1.72. The largest absolute Gasteiger partial charge is 0.450 e. The summed E-state index contributed by atoms with van der Waals surface area (Å²) in [6, 6.07) is 0. The zero-order valence-corrected chi connectivity index (χ0v) is 8.62. The maximum Gasteiger partial charge on any atom is 0.404 e. The first-order valence-corrected chi connectivity index (χ1v) is 3.89. The van der Waals surface area contributed by atoms with Crippen LogP contribution in [0.3, 0.4) is 0 Å². The average Bonchev–Trinajstić information content (AvgIpc) is 2.08. The minimum absolute atomic E-state index is 0.356. The highest BCUT2D eigenvalue weighted by molar-refractivity contribution is 5.64. The molecule has 0 saturated carbocycles. The van der Waals surface area contributed by atoms with Crippen LogP contribution >= 0.6 is 0 Å². The van der Waals surface area contributed by atoms with Gasteiger partial charge in [0, 0.05) is 0 Å². The summed E-state index contributed by atoms with van der Waals surface area (Å²) in [7, 11) is 0. The lowest BCUT2D eigenvalue weighted by Gasteiger charge is -1.89. The van der Waals surface area contributed by atoms with Gasteiger partial charge in [-0.2, -0.15) is 0 Å². The van der Waals surface area contributed by atoms with Crippen LogP contribution in [0.25, 0.3) is 0 Å². The summed E-state index contributed by atoms with van der Waals surface area (Å²) in [5, 5.41) is 0. The third kappa shape index (κ3) is 48.3. The van der Waals surface area contributed by atoms with Crippen molar-refractivity contribution in [2.24, 2.45) is 11.5 Å². The van der Waals surface area contributed by atoms with Crippen LogP contribution < -0.4 is 11.5 Å². The van der Waals surface area contributed by atoms with E-state index in [0.717, 1.165) is 0 Å². The van der Waals surface area contributed by atoms with Crippen LogP contribution in [0.15, 0.2) is 13.2 Å². The lowest BCUT2D eigenvalue weighted by molar-refractivity contribution is 0.162. The molecule has 0 bridgehead atoms. The molecule has 14 heavy (non-hydrogen) atoms. The van der Waals surface area contributed by atoms with E-state index >= 15 is 0 Å². The third-order valence-corrected chi connectivity index (χ3v) is 0.573. The van der Waals surface area contributed by atoms with Gasteiger partial charge in [0.05, 0.1) is 13.2 Å². The van der Waals surface area contributed by atoms with Gasteiger partial charge in [0.25, 0.3) is 0 Å². The quantitative estimate of drug-likeness (QED) is 0.657. The van der Waals surface area contributed by atoms with E-state index in [1.165, 1.54) is 0 Å². The second-order valence-electron chi connectivity index (χ2n) is 1.50. The Kier molecular flexibility index (Phi) is 22.5. The Morgan fingerprint density at radius 2 is 1.21 bits per heavy atom. The number of hydrogen-bond acceptors (Lipinski definition) is 4. The third-order valence-electron chi connectivity index (χ3n) is 0.573. The highest BCUT2D eigenvalue weighted by atomic mass is 16.5. The highest BCUT2D eigenvalue weighted by Gasteiger charge is 1.82. The van der Waals surface area contributed by atoms with Crippen molar-refractivity contribution in [3.05, 3.63) is 13.2 Å². The molecule has 0 atom stereocenters. The fourth-order valence-electron chi connectivity index (χ4n) is 0.285. The molecule has 0 radical (unpaired) electrons. The van der Waals surface area contributed by atoms with Crippen LogP contribution in [0.4, 0.5) is 9.59 Å². The summed E-state index contributed by atoms with van der Waals surface area (Å²) in [5.41, 5.74) is 9.08. The molecule has 0 aliphatic carbocycles. The van der Waals surface area contributed by atoms with E-state index in [0.29, 0.717) is 13.2 Å². The maximum atomic E-state index is 9.60. The SMILES string of the molecule is C=C.CCOC(N)=O.CCOC(N)=O. The van der Waals surface area contributed by atoms with E-state index in [-0.39, 0.29) is 0 Å². The predicted molar refractivity (Wildman–Crippen MR) is 53.7 cm³/mol. The number of ether oxygens (including phenoxy) is 2. The van der Waals surface area contributed by atoms with Gasteiger partial charge in [0.2, 0.25) is 0 Å². The van der Waals surface area contributed by atoms with Crippen LogP contribution in [0.1, 0.15) is 13.8 Å². The van der Waals surface area contributed by atoms with E-state index in [2.05, 4.69) is 34.1 Å². The molecule has 0 aromatic rings. The van der Waals surface area contributed by atoms with Crippen LogP contribution in [-0.4, -0.2) is 25.4 Å². The second-order valence-corrected chi connectivity index (χ2v) is 1.50. The topological polar surface area (TPSA) is 105 Å². The smallest absolute Gasteiger partial charge is 0.404 e. The normalized spacial score (nSPS) is 6.71. The standard InChI is InChI=1S/2C3H7NO2.C2H4/c2*1-2-6-3(4)5;1-2/h2*2H2,1H3,(H2,4,5);1-2H2. The van der Waals surface area contributed by atoms with Crippen molar-refractivity contribution < 1.29 is 19.1 Å². The molecule has 0 fully saturated rings. The summed E-state index contributed by atoms with van der Waals surface area (Å²) in [4.78, 5) is 19.2. The van der Waals surface area contributed by atoms with Gasteiger partial charge in [0.15, 0.2) is 0 Å². The van der Waals surface area contributed by atoms with Gasteiger partial charge in [-0.25, -0.2) is 9.59 Å². The van der Waals surface area contributed by atoms with Crippen molar-refractivity contribution in [2.45, 2.75) is 13.8 Å². The average molecular weight is 206 g/mol. The van der Waals surface area contributed by atoms with E-state index < -0.39 is 12.2 Å². The van der Waals surface area contributed by atoms with Gasteiger partial charge in [-0.3, -0.25) is 0 Å². The summed E-state index contributed by atoms with van der Waals surface area (Å²) in [5.74, 6) is 0. The molecule has 0 aromatic heterocycles. The summed E-state index contributed by atoms with van der Waals surface area (Å²) in [6.07, 6.45) is -1.42. The number of nitrogens with two attached hydrogens (primary N) is 2. The molecule has 0 unspecified atom stereocenters. The van der Waals surface area contributed by atoms with E-state index in [1.807, 2.05) is 0 Å². The molecule has 0 heterocycles. The Labute approximate surface area is 83.8 Å². The monoisotopic (exact) mass is 206 g/mol. The molecular weight excluding hydrogens is 188 g/mol. The number of hydrogen-bond donors (Lipinski definition) is 2. The first-order chi connectivity index (χ1) is 6.54. The number of carbonyl (C=O) groups is 2. The second kappa shape index (κ2) is 17.4. The van der Waals surface area contributed by atoms with E-state index in [4.69, 9.17) is 0 Å². The molecule has 4 N–H and O–H groups in total. The number of primary amides is 2. The summed E-state index contributed by atoms with van der Waals surface area (Å²) < 4.78 is 8.36. The van der Waals surface area contributed by atoms with Crippen LogP contribution in [-0.2, 0) is 9.47 Å². The van der Waals surface area contributed by atoms with E-state index in [9.17, 15) is 9.59 Å². The van der Waals surface area contributed by atoms with Crippen molar-refractivity contribution in [1.29, 1.82) is 0 Å². The van der Waals surface area contributed by atoms with Gasteiger partial charge in [-0.15, -0.1) is 13.2 Å². The first-order valence-electron chi connectivity index (χ1n) is 3.89. The van der Waals surface area contributed by atoms with Crippen LogP contribution in [0.5, 0.6) is 0 Å². The Morgan fingerprint density at radius 3 is 1.21 bits per heavy atom. The van der Waals surface area contributed by atoms with Gasteiger partial charge in [-0.05, 0) is 13.8 Å². The fraction of sp³-hybridized carbons (Fsp3) is 0.500. The molecule has 0 aliphatic rings. The molecular formula is C8H18N2O4. The fourth-order valence-corrected chi connectivity index (χ4v) is 0.285. The number of amides is 2. The molecule has 2 amide bonds. The Bertz CT molecular complexity index is 134.